The van der Waals surface area contributed by atoms with Crippen molar-refractivity contribution >= 4 is 18.3 Å². The predicted octanol–water partition coefficient (Wildman–Crippen LogP) is 2.23. The lowest BCUT2D eigenvalue weighted by atomic mass is 9.87. The Hall–Kier alpha value is -0.280. The smallest absolute Gasteiger partial charge is 0.236 e. The molecule has 1 saturated carbocycles. The molecule has 4 heteroatoms. The van der Waals surface area contributed by atoms with Gasteiger partial charge in [-0.25, -0.2) is 0 Å². The molecule has 16 heavy (non-hydrogen) atoms. The number of carbonyl (C=O) groups is 1. The van der Waals surface area contributed by atoms with Crippen LogP contribution in [-0.2, 0) is 4.79 Å². The Balaban J connectivity index is 0.00000225. The summed E-state index contributed by atoms with van der Waals surface area (Å²) in [6, 6.07) is -0.323. The molecule has 0 aromatic rings. The first kappa shape index (κ1) is 15.7. The number of halogens is 1. The van der Waals surface area contributed by atoms with E-state index >= 15 is 0 Å². The third kappa shape index (κ3) is 5.71. The fourth-order valence-electron chi connectivity index (χ4n) is 2.19. The fourth-order valence-corrected chi connectivity index (χ4v) is 2.19. The van der Waals surface area contributed by atoms with Crippen LogP contribution in [0.5, 0.6) is 0 Å². The van der Waals surface area contributed by atoms with Crippen LogP contribution in [0.3, 0.4) is 0 Å². The maximum atomic E-state index is 11.4. The highest BCUT2D eigenvalue weighted by atomic mass is 35.5. The number of amides is 1. The van der Waals surface area contributed by atoms with Gasteiger partial charge in [0.2, 0.25) is 5.91 Å². The van der Waals surface area contributed by atoms with Crippen LogP contribution >= 0.6 is 12.4 Å². The molecule has 0 saturated heterocycles. The predicted molar refractivity (Wildman–Crippen MR) is 69.7 cm³/mol. The van der Waals surface area contributed by atoms with Gasteiger partial charge in [0.05, 0.1) is 6.04 Å². The molecule has 1 amide bonds. The van der Waals surface area contributed by atoms with Crippen LogP contribution in [0.4, 0.5) is 0 Å². The molecule has 0 aromatic carbocycles. The number of nitrogens with two attached hydrogens (primary N) is 1. The van der Waals surface area contributed by atoms with E-state index in [2.05, 4.69) is 5.32 Å². The minimum Gasteiger partial charge on any atom is -0.355 e. The molecule has 3 nitrogen and oxygen atoms in total. The lowest BCUT2D eigenvalue weighted by Gasteiger charge is -2.21. The van der Waals surface area contributed by atoms with Crippen molar-refractivity contribution < 1.29 is 4.79 Å². The lowest BCUT2D eigenvalue weighted by Crippen LogP contribution is -2.40. The molecule has 1 atom stereocenters. The molecule has 0 aliphatic heterocycles. The quantitative estimate of drug-likeness (QED) is 0.784. The van der Waals surface area contributed by atoms with Crippen molar-refractivity contribution in [2.24, 2.45) is 11.7 Å². The van der Waals surface area contributed by atoms with E-state index in [1.807, 2.05) is 6.92 Å². The van der Waals surface area contributed by atoms with Crippen molar-refractivity contribution in [3.05, 3.63) is 0 Å². The van der Waals surface area contributed by atoms with Crippen LogP contribution < -0.4 is 11.1 Å². The van der Waals surface area contributed by atoms with Crippen molar-refractivity contribution in [1.29, 1.82) is 0 Å². The van der Waals surface area contributed by atoms with Crippen molar-refractivity contribution in [3.63, 3.8) is 0 Å². The summed E-state index contributed by atoms with van der Waals surface area (Å²) in [6.45, 7) is 2.74. The molecule has 0 aromatic heterocycles. The molecule has 3 N–H and O–H groups in total. The minimum atomic E-state index is -0.323. The van der Waals surface area contributed by atoms with E-state index in [1.54, 1.807) is 0 Å². The van der Waals surface area contributed by atoms with Crippen LogP contribution in [0, 0.1) is 5.92 Å². The van der Waals surface area contributed by atoms with Gasteiger partial charge in [-0.15, -0.1) is 12.4 Å². The molecule has 1 aliphatic carbocycles. The highest BCUT2D eigenvalue weighted by Crippen LogP contribution is 2.25. The number of nitrogens with one attached hydrogen (secondary N) is 1. The third-order valence-electron chi connectivity index (χ3n) is 3.35. The molecule has 0 radical (unpaired) electrons. The zero-order valence-electron chi connectivity index (χ0n) is 10.2. The Morgan fingerprint density at radius 2 is 2.00 bits per heavy atom. The summed E-state index contributed by atoms with van der Waals surface area (Å²) in [4.78, 5) is 11.4. The zero-order valence-corrected chi connectivity index (χ0v) is 11.0. The van der Waals surface area contributed by atoms with Gasteiger partial charge in [0.15, 0.2) is 0 Å². The summed E-state index contributed by atoms with van der Waals surface area (Å²) in [7, 11) is 0. The van der Waals surface area contributed by atoms with Gasteiger partial charge in [-0.05, 0) is 18.8 Å². The average Bonchev–Trinajstić information content (AvgIpc) is 2.29. The molecular formula is C12H25ClN2O. The summed E-state index contributed by atoms with van der Waals surface area (Å²) < 4.78 is 0. The standard InChI is InChI=1S/C12H24N2O.ClH/c1-2-11(13)12(15)14-9-8-10-6-4-3-5-7-10;/h10-11H,2-9,13H2,1H3,(H,14,15);1H/t11-;/m0./s1. The lowest BCUT2D eigenvalue weighted by molar-refractivity contribution is -0.122. The van der Waals surface area contributed by atoms with Gasteiger partial charge in [-0.1, -0.05) is 39.0 Å². The molecule has 1 aliphatic rings. The average molecular weight is 249 g/mol. The van der Waals surface area contributed by atoms with E-state index in [0.29, 0.717) is 0 Å². The fraction of sp³-hybridized carbons (Fsp3) is 0.917. The highest BCUT2D eigenvalue weighted by Gasteiger charge is 2.14. The van der Waals surface area contributed by atoms with Gasteiger partial charge in [-0.2, -0.15) is 0 Å². The minimum absolute atomic E-state index is 0. The van der Waals surface area contributed by atoms with Crippen molar-refractivity contribution in [3.8, 4) is 0 Å². The second-order valence-corrected chi connectivity index (χ2v) is 4.60. The zero-order chi connectivity index (χ0) is 11.1. The van der Waals surface area contributed by atoms with Crippen LogP contribution in [0.25, 0.3) is 0 Å². The molecule has 0 bridgehead atoms. The van der Waals surface area contributed by atoms with E-state index < -0.39 is 0 Å². The van der Waals surface area contributed by atoms with Gasteiger partial charge in [0.1, 0.15) is 0 Å². The van der Waals surface area contributed by atoms with Crippen molar-refractivity contribution in [2.45, 2.75) is 57.9 Å². The third-order valence-corrected chi connectivity index (χ3v) is 3.35. The Bertz CT molecular complexity index is 193. The SMILES string of the molecule is CC[C@H](N)C(=O)NCCC1CCCCC1.Cl. The van der Waals surface area contributed by atoms with Crippen LogP contribution in [-0.4, -0.2) is 18.5 Å². The van der Waals surface area contributed by atoms with Gasteiger partial charge >= 0.3 is 0 Å². The second-order valence-electron chi connectivity index (χ2n) is 4.60. The van der Waals surface area contributed by atoms with Crippen molar-refractivity contribution in [1.82, 2.24) is 5.32 Å². The Kier molecular flexibility index (Phi) is 8.67. The highest BCUT2D eigenvalue weighted by molar-refractivity contribution is 5.85. The normalized spacial score (nSPS) is 18.6. The topological polar surface area (TPSA) is 55.1 Å². The van der Waals surface area contributed by atoms with E-state index in [1.165, 1.54) is 32.1 Å². The van der Waals surface area contributed by atoms with Crippen molar-refractivity contribution in [2.75, 3.05) is 6.54 Å². The maximum absolute atomic E-state index is 11.4. The Labute approximate surface area is 105 Å². The first-order chi connectivity index (χ1) is 7.24. The molecule has 1 fully saturated rings. The molecule has 1 rings (SSSR count). The number of hydrogen-bond donors (Lipinski definition) is 2. The molecule has 0 spiro atoms. The first-order valence-electron chi connectivity index (χ1n) is 6.27. The molecule has 0 unspecified atom stereocenters. The largest absolute Gasteiger partial charge is 0.355 e. The summed E-state index contributed by atoms with van der Waals surface area (Å²) in [5, 5.41) is 2.92. The van der Waals surface area contributed by atoms with E-state index in [-0.39, 0.29) is 24.4 Å². The van der Waals surface area contributed by atoms with Gasteiger partial charge < -0.3 is 11.1 Å². The molecule has 96 valence electrons. The van der Waals surface area contributed by atoms with Gasteiger partial charge in [0, 0.05) is 6.54 Å². The monoisotopic (exact) mass is 248 g/mol. The Morgan fingerprint density at radius 3 is 2.56 bits per heavy atom. The molecule has 0 heterocycles. The maximum Gasteiger partial charge on any atom is 0.236 e. The Morgan fingerprint density at radius 1 is 1.38 bits per heavy atom. The summed E-state index contributed by atoms with van der Waals surface area (Å²) in [6.07, 6.45) is 8.66. The van der Waals surface area contributed by atoms with Gasteiger partial charge in [-0.3, -0.25) is 4.79 Å². The van der Waals surface area contributed by atoms with Crippen LogP contribution in [0.1, 0.15) is 51.9 Å². The van der Waals surface area contributed by atoms with Crippen LogP contribution in [0.15, 0.2) is 0 Å². The number of rotatable bonds is 5. The number of carbonyl (C=O) groups excluding carboxylic acids is 1. The van der Waals surface area contributed by atoms with E-state index in [0.717, 1.165) is 25.3 Å². The van der Waals surface area contributed by atoms with Gasteiger partial charge in [0.25, 0.3) is 0 Å². The number of hydrogen-bond acceptors (Lipinski definition) is 2. The van der Waals surface area contributed by atoms with E-state index in [4.69, 9.17) is 5.73 Å². The van der Waals surface area contributed by atoms with Crippen LogP contribution in [0.2, 0.25) is 0 Å². The second kappa shape index (κ2) is 8.82. The first-order valence-corrected chi connectivity index (χ1v) is 6.27. The van der Waals surface area contributed by atoms with E-state index in [9.17, 15) is 4.79 Å². The summed E-state index contributed by atoms with van der Waals surface area (Å²) in [5.74, 6) is 0.838. The molecular weight excluding hydrogens is 224 g/mol. The summed E-state index contributed by atoms with van der Waals surface area (Å²) in [5.41, 5.74) is 5.62. The summed E-state index contributed by atoms with van der Waals surface area (Å²) >= 11 is 0.